The molecule has 90 valence electrons. The van der Waals surface area contributed by atoms with Crippen molar-refractivity contribution in [2.75, 3.05) is 13.6 Å². The molecule has 1 aromatic heterocycles. The highest BCUT2D eigenvalue weighted by atomic mass is 32.1. The first-order valence-electron chi connectivity index (χ1n) is 4.96. The van der Waals surface area contributed by atoms with Crippen molar-refractivity contribution in [2.24, 2.45) is 0 Å². The standard InChI is InChI=1S/C10H16N2O3S/c1-7-11-8(6-16-7)4-12(2)5-9(13)3-10(14)15/h6,9,13H,3-5H2,1-2H3,(H,14,15). The van der Waals surface area contributed by atoms with Crippen LogP contribution in [0, 0.1) is 6.92 Å². The quantitative estimate of drug-likeness (QED) is 0.771. The van der Waals surface area contributed by atoms with E-state index in [0.29, 0.717) is 13.1 Å². The molecule has 0 spiro atoms. The van der Waals surface area contributed by atoms with Crippen molar-refractivity contribution in [2.45, 2.75) is 26.0 Å². The average molecular weight is 244 g/mol. The van der Waals surface area contributed by atoms with E-state index in [4.69, 9.17) is 5.11 Å². The number of hydrogen-bond donors (Lipinski definition) is 2. The first-order chi connectivity index (χ1) is 7.47. The summed E-state index contributed by atoms with van der Waals surface area (Å²) >= 11 is 1.58. The van der Waals surface area contributed by atoms with Gasteiger partial charge in [-0.25, -0.2) is 4.98 Å². The molecule has 0 fully saturated rings. The monoisotopic (exact) mass is 244 g/mol. The van der Waals surface area contributed by atoms with E-state index in [2.05, 4.69) is 4.98 Å². The molecule has 0 amide bonds. The van der Waals surface area contributed by atoms with Gasteiger partial charge in [-0.3, -0.25) is 9.69 Å². The molecule has 1 heterocycles. The Balaban J connectivity index is 2.35. The molecular weight excluding hydrogens is 228 g/mol. The zero-order chi connectivity index (χ0) is 12.1. The molecule has 1 aromatic rings. The molecule has 0 aliphatic carbocycles. The summed E-state index contributed by atoms with van der Waals surface area (Å²) in [6.45, 7) is 2.90. The fourth-order valence-electron chi connectivity index (χ4n) is 1.45. The molecule has 0 aliphatic rings. The van der Waals surface area contributed by atoms with Crippen LogP contribution in [0.5, 0.6) is 0 Å². The van der Waals surface area contributed by atoms with Gasteiger partial charge in [-0.05, 0) is 14.0 Å². The van der Waals surface area contributed by atoms with E-state index in [1.54, 1.807) is 11.3 Å². The summed E-state index contributed by atoms with van der Waals surface area (Å²) in [6, 6.07) is 0. The fourth-order valence-corrected chi connectivity index (χ4v) is 2.05. The molecule has 0 aromatic carbocycles. The van der Waals surface area contributed by atoms with Crippen molar-refractivity contribution >= 4 is 17.3 Å². The van der Waals surface area contributed by atoms with Gasteiger partial charge < -0.3 is 10.2 Å². The third-order valence-electron chi connectivity index (χ3n) is 2.03. The minimum absolute atomic E-state index is 0.222. The van der Waals surface area contributed by atoms with Crippen LogP contribution in [-0.2, 0) is 11.3 Å². The first-order valence-corrected chi connectivity index (χ1v) is 5.84. The molecule has 0 aliphatic heterocycles. The van der Waals surface area contributed by atoms with Crippen LogP contribution < -0.4 is 0 Å². The molecule has 2 N–H and O–H groups in total. The largest absolute Gasteiger partial charge is 0.481 e. The second kappa shape index (κ2) is 5.93. The summed E-state index contributed by atoms with van der Waals surface area (Å²) in [7, 11) is 1.83. The maximum Gasteiger partial charge on any atom is 0.306 e. The summed E-state index contributed by atoms with van der Waals surface area (Å²) < 4.78 is 0. The Morgan fingerprint density at radius 1 is 1.69 bits per heavy atom. The lowest BCUT2D eigenvalue weighted by molar-refractivity contribution is -0.139. The smallest absolute Gasteiger partial charge is 0.306 e. The predicted molar refractivity (Wildman–Crippen MR) is 61.4 cm³/mol. The third-order valence-corrected chi connectivity index (χ3v) is 2.85. The number of thiazole rings is 1. The summed E-state index contributed by atoms with van der Waals surface area (Å²) in [6.07, 6.45) is -1.05. The molecule has 0 saturated carbocycles. The van der Waals surface area contributed by atoms with Crippen LogP contribution in [0.15, 0.2) is 5.38 Å². The molecule has 1 unspecified atom stereocenters. The van der Waals surface area contributed by atoms with Gasteiger partial charge in [0.1, 0.15) is 0 Å². The predicted octanol–water partition coefficient (Wildman–Crippen LogP) is 0.719. The van der Waals surface area contributed by atoms with E-state index >= 15 is 0 Å². The number of aliphatic hydroxyl groups excluding tert-OH is 1. The molecule has 16 heavy (non-hydrogen) atoms. The lowest BCUT2D eigenvalue weighted by Gasteiger charge is -2.18. The van der Waals surface area contributed by atoms with Crippen molar-refractivity contribution in [1.29, 1.82) is 0 Å². The Bertz CT molecular complexity index is 354. The molecule has 1 rings (SSSR count). The normalized spacial score (nSPS) is 13.0. The zero-order valence-electron chi connectivity index (χ0n) is 9.38. The van der Waals surface area contributed by atoms with Crippen LogP contribution in [0.25, 0.3) is 0 Å². The topological polar surface area (TPSA) is 73.7 Å². The van der Waals surface area contributed by atoms with Crippen LogP contribution >= 0.6 is 11.3 Å². The number of likely N-dealkylation sites (N-methyl/N-ethyl adjacent to an activating group) is 1. The van der Waals surface area contributed by atoms with Crippen LogP contribution in [-0.4, -0.2) is 45.8 Å². The van der Waals surface area contributed by atoms with Crippen LogP contribution in [0.4, 0.5) is 0 Å². The summed E-state index contributed by atoms with van der Waals surface area (Å²) in [5.41, 5.74) is 0.951. The number of aromatic nitrogens is 1. The van der Waals surface area contributed by atoms with Gasteiger partial charge in [0.25, 0.3) is 0 Å². The van der Waals surface area contributed by atoms with Gasteiger partial charge in [0, 0.05) is 18.5 Å². The van der Waals surface area contributed by atoms with E-state index in [-0.39, 0.29) is 6.42 Å². The molecule has 6 heteroatoms. The average Bonchev–Trinajstić information content (AvgIpc) is 2.48. The SMILES string of the molecule is Cc1nc(CN(C)CC(O)CC(=O)O)cs1. The Labute approximate surface area is 98.4 Å². The van der Waals surface area contributed by atoms with Crippen LogP contribution in [0.1, 0.15) is 17.1 Å². The van der Waals surface area contributed by atoms with Gasteiger partial charge in [0.15, 0.2) is 0 Å². The van der Waals surface area contributed by atoms with Crippen molar-refractivity contribution < 1.29 is 15.0 Å². The highest BCUT2D eigenvalue weighted by Crippen LogP contribution is 2.10. The minimum atomic E-state index is -0.981. The lowest BCUT2D eigenvalue weighted by atomic mass is 10.2. The second-order valence-corrected chi connectivity index (χ2v) is 4.87. The number of carboxylic acids is 1. The van der Waals surface area contributed by atoms with Crippen molar-refractivity contribution in [3.63, 3.8) is 0 Å². The number of carboxylic acid groups (broad SMARTS) is 1. The van der Waals surface area contributed by atoms with Crippen molar-refractivity contribution in [3.8, 4) is 0 Å². The van der Waals surface area contributed by atoms with Gasteiger partial charge >= 0.3 is 5.97 Å². The van der Waals surface area contributed by atoms with Crippen molar-refractivity contribution in [3.05, 3.63) is 16.1 Å². The molecule has 0 radical (unpaired) electrons. The summed E-state index contributed by atoms with van der Waals surface area (Å²) in [5.74, 6) is -0.981. The highest BCUT2D eigenvalue weighted by Gasteiger charge is 2.13. The number of aliphatic carboxylic acids is 1. The van der Waals surface area contributed by atoms with Gasteiger partial charge in [-0.2, -0.15) is 0 Å². The Morgan fingerprint density at radius 2 is 2.38 bits per heavy atom. The van der Waals surface area contributed by atoms with E-state index in [1.165, 1.54) is 0 Å². The van der Waals surface area contributed by atoms with Crippen LogP contribution in [0.2, 0.25) is 0 Å². The van der Waals surface area contributed by atoms with E-state index in [1.807, 2.05) is 24.3 Å². The minimum Gasteiger partial charge on any atom is -0.481 e. The van der Waals surface area contributed by atoms with Gasteiger partial charge in [0.05, 0.1) is 23.2 Å². The maximum atomic E-state index is 10.4. The van der Waals surface area contributed by atoms with Gasteiger partial charge in [-0.15, -0.1) is 11.3 Å². The molecular formula is C10H16N2O3S. The third kappa shape index (κ3) is 4.69. The number of aryl methyl sites for hydroxylation is 1. The van der Waals surface area contributed by atoms with Crippen molar-refractivity contribution in [1.82, 2.24) is 9.88 Å². The lowest BCUT2D eigenvalue weighted by Crippen LogP contribution is -2.30. The maximum absolute atomic E-state index is 10.4. The van der Waals surface area contributed by atoms with E-state index in [0.717, 1.165) is 10.7 Å². The number of nitrogens with zero attached hydrogens (tertiary/aromatic N) is 2. The Kier molecular flexibility index (Phi) is 4.85. The molecule has 1 atom stereocenters. The van der Waals surface area contributed by atoms with Crippen LogP contribution in [0.3, 0.4) is 0 Å². The summed E-state index contributed by atoms with van der Waals surface area (Å²) in [5, 5.41) is 20.9. The first kappa shape index (κ1) is 13.1. The van der Waals surface area contributed by atoms with E-state index < -0.39 is 12.1 Å². The number of hydrogen-bond acceptors (Lipinski definition) is 5. The number of aliphatic hydroxyl groups is 1. The Morgan fingerprint density at radius 3 is 2.88 bits per heavy atom. The highest BCUT2D eigenvalue weighted by molar-refractivity contribution is 7.09. The number of rotatable bonds is 6. The molecule has 5 nitrogen and oxygen atoms in total. The second-order valence-electron chi connectivity index (χ2n) is 3.81. The molecule has 0 saturated heterocycles. The number of carbonyl (C=O) groups is 1. The summed E-state index contributed by atoms with van der Waals surface area (Å²) in [4.78, 5) is 16.5. The zero-order valence-corrected chi connectivity index (χ0v) is 10.2. The van der Waals surface area contributed by atoms with Gasteiger partial charge in [-0.1, -0.05) is 0 Å². The molecule has 0 bridgehead atoms. The van der Waals surface area contributed by atoms with Gasteiger partial charge in [0.2, 0.25) is 0 Å². The Hall–Kier alpha value is -0.980. The van der Waals surface area contributed by atoms with E-state index in [9.17, 15) is 9.90 Å². The fraction of sp³-hybridized carbons (Fsp3) is 0.600.